The normalized spacial score (nSPS) is 13.4. The smallest absolute Gasteiger partial charge is 0.262 e. The van der Waals surface area contributed by atoms with Crippen molar-refractivity contribution in [3.63, 3.8) is 0 Å². The number of thioether (sulfide) groups is 1. The summed E-state index contributed by atoms with van der Waals surface area (Å²) in [5.74, 6) is -0.588. The molecule has 0 fully saturated rings. The number of aryl methyl sites for hydroxylation is 1. The van der Waals surface area contributed by atoms with Gasteiger partial charge in [0.25, 0.3) is 11.8 Å². The zero-order chi connectivity index (χ0) is 16.6. The highest BCUT2D eigenvalue weighted by molar-refractivity contribution is 7.99. The minimum Gasteiger partial charge on any atom is -0.294 e. The van der Waals surface area contributed by atoms with Crippen LogP contribution in [0.5, 0.6) is 0 Å². The summed E-state index contributed by atoms with van der Waals surface area (Å²) in [6.45, 7) is 3.18. The molecule has 0 unspecified atom stereocenters. The lowest BCUT2D eigenvalue weighted by Crippen LogP contribution is -2.29. The zero-order valence-electron chi connectivity index (χ0n) is 12.6. The molecule has 0 bridgehead atoms. The van der Waals surface area contributed by atoms with Gasteiger partial charge < -0.3 is 0 Å². The molecule has 0 N–H and O–H groups in total. The summed E-state index contributed by atoms with van der Waals surface area (Å²) in [6.07, 6.45) is 1.47. The van der Waals surface area contributed by atoms with Crippen LogP contribution in [0.4, 0.5) is 0 Å². The van der Waals surface area contributed by atoms with Crippen molar-refractivity contribution < 1.29 is 14.4 Å². The highest BCUT2D eigenvalue weighted by atomic mass is 32.2. The maximum atomic E-state index is 12.2. The van der Waals surface area contributed by atoms with Gasteiger partial charge in [-0.05, 0) is 26.0 Å². The molecule has 1 aliphatic rings. The molecule has 2 aromatic rings. The summed E-state index contributed by atoms with van der Waals surface area (Å²) >= 11 is 1.18. The van der Waals surface area contributed by atoms with Crippen LogP contribution in [0, 0.1) is 6.92 Å². The van der Waals surface area contributed by atoms with Gasteiger partial charge >= 0.3 is 0 Å². The fourth-order valence-electron chi connectivity index (χ4n) is 2.34. The van der Waals surface area contributed by atoms with Crippen LogP contribution in [0.3, 0.4) is 0 Å². The van der Waals surface area contributed by atoms with E-state index in [4.69, 9.17) is 0 Å². The van der Waals surface area contributed by atoms with E-state index in [1.807, 2.05) is 0 Å². The van der Waals surface area contributed by atoms with Crippen molar-refractivity contribution >= 4 is 29.4 Å². The first-order valence-corrected chi connectivity index (χ1v) is 7.90. The number of benzene rings is 1. The molecule has 0 saturated heterocycles. The average Bonchev–Trinajstić information content (AvgIpc) is 2.77. The van der Waals surface area contributed by atoms with Crippen LogP contribution in [0.25, 0.3) is 0 Å². The number of aromatic nitrogens is 2. The third-order valence-corrected chi connectivity index (χ3v) is 4.38. The number of carbonyl (C=O) groups excluding carboxylic acids is 3. The maximum absolute atomic E-state index is 12.2. The van der Waals surface area contributed by atoms with Crippen molar-refractivity contribution in [3.8, 4) is 0 Å². The Morgan fingerprint density at radius 1 is 1.17 bits per heavy atom. The molecule has 7 heteroatoms. The van der Waals surface area contributed by atoms with Gasteiger partial charge in [-0.25, -0.2) is 9.97 Å². The Morgan fingerprint density at radius 3 is 2.30 bits per heavy atom. The Morgan fingerprint density at radius 2 is 1.78 bits per heavy atom. The molecule has 2 amide bonds. The fourth-order valence-corrected chi connectivity index (χ4v) is 3.15. The molecule has 1 aliphatic heterocycles. The Kier molecular flexibility index (Phi) is 3.96. The number of imide groups is 1. The fraction of sp³-hybridized carbons (Fsp3) is 0.188. The first kappa shape index (κ1) is 15.4. The van der Waals surface area contributed by atoms with E-state index >= 15 is 0 Å². The first-order chi connectivity index (χ1) is 11.0. The third-order valence-electron chi connectivity index (χ3n) is 3.54. The SMILES string of the molecule is CC(=O)c1cnc(SCN2C(=O)c3ccccc3C2=O)nc1C. The van der Waals surface area contributed by atoms with Crippen molar-refractivity contribution in [1.29, 1.82) is 0 Å². The molecule has 1 aromatic carbocycles. The number of Topliss-reactive ketones (excluding diaryl/α,β-unsaturated/α-hetero) is 1. The van der Waals surface area contributed by atoms with Gasteiger partial charge in [-0.3, -0.25) is 19.3 Å². The highest BCUT2D eigenvalue weighted by Gasteiger charge is 2.35. The molecule has 0 spiro atoms. The Balaban J connectivity index is 1.75. The minimum atomic E-state index is -0.310. The highest BCUT2D eigenvalue weighted by Crippen LogP contribution is 2.26. The van der Waals surface area contributed by atoms with Crippen LogP contribution < -0.4 is 0 Å². The molecule has 116 valence electrons. The second-order valence-corrected chi connectivity index (χ2v) is 5.98. The molecule has 23 heavy (non-hydrogen) atoms. The van der Waals surface area contributed by atoms with E-state index in [9.17, 15) is 14.4 Å². The number of rotatable bonds is 4. The Hall–Kier alpha value is -2.54. The number of ketones is 1. The van der Waals surface area contributed by atoms with E-state index < -0.39 is 0 Å². The number of hydrogen-bond donors (Lipinski definition) is 0. The van der Waals surface area contributed by atoms with Crippen LogP contribution in [0.15, 0.2) is 35.6 Å². The predicted molar refractivity (Wildman–Crippen MR) is 84.4 cm³/mol. The Labute approximate surface area is 136 Å². The largest absolute Gasteiger partial charge is 0.294 e. The standard InChI is InChI=1S/C16H13N3O3S/c1-9-13(10(2)20)7-17-16(18-9)23-8-19-14(21)11-5-3-4-6-12(11)15(19)22/h3-7H,8H2,1-2H3. The van der Waals surface area contributed by atoms with Gasteiger partial charge in [0.1, 0.15) is 0 Å². The van der Waals surface area contributed by atoms with Crippen molar-refractivity contribution in [2.75, 3.05) is 5.88 Å². The average molecular weight is 327 g/mol. The Bertz CT molecular complexity index is 800. The van der Waals surface area contributed by atoms with Gasteiger partial charge in [-0.1, -0.05) is 23.9 Å². The molecule has 1 aromatic heterocycles. The lowest BCUT2D eigenvalue weighted by Gasteiger charge is -2.12. The molecule has 0 aliphatic carbocycles. The third kappa shape index (κ3) is 2.75. The maximum Gasteiger partial charge on any atom is 0.262 e. The number of amides is 2. The van der Waals surface area contributed by atoms with E-state index in [1.54, 1.807) is 31.2 Å². The molecule has 0 radical (unpaired) electrons. The van der Waals surface area contributed by atoms with Gasteiger partial charge in [0.15, 0.2) is 10.9 Å². The minimum absolute atomic E-state index is 0.0978. The molecule has 6 nitrogen and oxygen atoms in total. The van der Waals surface area contributed by atoms with Crippen molar-refractivity contribution in [1.82, 2.24) is 14.9 Å². The van der Waals surface area contributed by atoms with E-state index in [0.29, 0.717) is 27.5 Å². The molecule has 0 atom stereocenters. The first-order valence-electron chi connectivity index (χ1n) is 6.91. The summed E-state index contributed by atoms with van der Waals surface area (Å²) in [5, 5.41) is 0.420. The summed E-state index contributed by atoms with van der Waals surface area (Å²) in [7, 11) is 0. The van der Waals surface area contributed by atoms with Crippen LogP contribution in [-0.4, -0.2) is 38.3 Å². The van der Waals surface area contributed by atoms with Crippen LogP contribution in [0.1, 0.15) is 43.7 Å². The summed E-state index contributed by atoms with van der Waals surface area (Å²) in [6, 6.07) is 6.74. The number of hydrogen-bond acceptors (Lipinski definition) is 6. The lowest BCUT2D eigenvalue weighted by atomic mass is 10.1. The lowest BCUT2D eigenvalue weighted by molar-refractivity contribution is 0.0683. The number of fused-ring (bicyclic) bond motifs is 1. The number of nitrogens with zero attached hydrogens (tertiary/aromatic N) is 3. The molecular weight excluding hydrogens is 314 g/mol. The molecular formula is C16H13N3O3S. The monoisotopic (exact) mass is 327 g/mol. The van der Waals surface area contributed by atoms with Crippen LogP contribution >= 0.6 is 11.8 Å². The second kappa shape index (κ2) is 5.92. The zero-order valence-corrected chi connectivity index (χ0v) is 13.4. The topological polar surface area (TPSA) is 80.2 Å². The summed E-state index contributed by atoms with van der Waals surface area (Å²) in [4.78, 5) is 45.4. The van der Waals surface area contributed by atoms with Crippen molar-refractivity contribution in [3.05, 3.63) is 52.8 Å². The van der Waals surface area contributed by atoms with Crippen molar-refractivity contribution in [2.45, 2.75) is 19.0 Å². The predicted octanol–water partition coefficient (Wildman–Crippen LogP) is 2.33. The van der Waals surface area contributed by atoms with Crippen molar-refractivity contribution in [2.24, 2.45) is 0 Å². The molecule has 3 rings (SSSR count). The second-order valence-electron chi connectivity index (χ2n) is 5.07. The number of carbonyl (C=O) groups is 3. The van der Waals surface area contributed by atoms with Gasteiger partial charge in [0, 0.05) is 6.20 Å². The van der Waals surface area contributed by atoms with Gasteiger partial charge in [0.2, 0.25) is 0 Å². The van der Waals surface area contributed by atoms with E-state index in [1.165, 1.54) is 29.8 Å². The van der Waals surface area contributed by atoms with Crippen LogP contribution in [0.2, 0.25) is 0 Å². The van der Waals surface area contributed by atoms with E-state index in [0.717, 1.165) is 0 Å². The molecule has 0 saturated carbocycles. The van der Waals surface area contributed by atoms with Crippen LogP contribution in [-0.2, 0) is 0 Å². The van der Waals surface area contributed by atoms with Gasteiger partial charge in [-0.15, -0.1) is 0 Å². The van der Waals surface area contributed by atoms with E-state index in [-0.39, 0.29) is 23.5 Å². The van der Waals surface area contributed by atoms with E-state index in [2.05, 4.69) is 9.97 Å². The quantitative estimate of drug-likeness (QED) is 0.371. The molecule has 2 heterocycles. The van der Waals surface area contributed by atoms with Gasteiger partial charge in [0.05, 0.1) is 28.3 Å². The summed E-state index contributed by atoms with van der Waals surface area (Å²) < 4.78 is 0. The van der Waals surface area contributed by atoms with Gasteiger partial charge in [-0.2, -0.15) is 0 Å². The summed E-state index contributed by atoms with van der Waals surface area (Å²) in [5.41, 5.74) is 1.89.